The second-order valence-electron chi connectivity index (χ2n) is 7.27. The topological polar surface area (TPSA) is 40.6 Å². The fraction of sp³-hybridized carbons (Fsp3) is 0.364. The maximum Gasteiger partial charge on any atom is 0.254 e. The van der Waals surface area contributed by atoms with E-state index in [1.54, 1.807) is 17.0 Å². The fourth-order valence-electron chi connectivity index (χ4n) is 4.16. The minimum atomic E-state index is -0.411. The molecule has 5 heteroatoms. The van der Waals surface area contributed by atoms with Crippen molar-refractivity contribution in [1.82, 2.24) is 9.80 Å². The summed E-state index contributed by atoms with van der Waals surface area (Å²) in [6.45, 7) is 2.02. The van der Waals surface area contributed by atoms with Gasteiger partial charge < -0.3 is 9.80 Å². The lowest BCUT2D eigenvalue weighted by Crippen LogP contribution is -2.51. The first-order valence-electron chi connectivity index (χ1n) is 9.55. The van der Waals surface area contributed by atoms with Crippen molar-refractivity contribution >= 4 is 11.8 Å². The number of fused-ring (bicyclic) bond motifs is 1. The van der Waals surface area contributed by atoms with Gasteiger partial charge in [0.25, 0.3) is 5.91 Å². The van der Waals surface area contributed by atoms with Gasteiger partial charge in [-0.25, -0.2) is 4.39 Å². The highest BCUT2D eigenvalue weighted by Gasteiger charge is 2.32. The standard InChI is InChI=1S/C22H23FN2O2/c23-18-8-3-7-17(15-18)21(26)24-11-13-25(14-12-24)22(27)20-10-4-6-16-5-1-2-9-19(16)20/h1-3,5,7-9,15,20H,4,6,10-14H2. The summed E-state index contributed by atoms with van der Waals surface area (Å²) in [6.07, 6.45) is 2.96. The third kappa shape index (κ3) is 3.59. The third-order valence-corrected chi connectivity index (χ3v) is 5.62. The third-order valence-electron chi connectivity index (χ3n) is 5.62. The Hall–Kier alpha value is -2.69. The van der Waals surface area contributed by atoms with E-state index < -0.39 is 5.82 Å². The van der Waals surface area contributed by atoms with Gasteiger partial charge in [-0.2, -0.15) is 0 Å². The molecule has 140 valence electrons. The first-order chi connectivity index (χ1) is 13.1. The van der Waals surface area contributed by atoms with Crippen molar-refractivity contribution in [1.29, 1.82) is 0 Å². The van der Waals surface area contributed by atoms with Crippen molar-refractivity contribution in [2.24, 2.45) is 0 Å². The molecule has 0 N–H and O–H groups in total. The summed E-state index contributed by atoms with van der Waals surface area (Å²) in [7, 11) is 0. The van der Waals surface area contributed by atoms with Gasteiger partial charge in [0.2, 0.25) is 5.91 Å². The Morgan fingerprint density at radius 1 is 0.926 bits per heavy atom. The van der Waals surface area contributed by atoms with E-state index in [4.69, 9.17) is 0 Å². The molecule has 2 aromatic carbocycles. The van der Waals surface area contributed by atoms with Crippen LogP contribution in [0.3, 0.4) is 0 Å². The lowest BCUT2D eigenvalue weighted by molar-refractivity contribution is -0.134. The van der Waals surface area contributed by atoms with Crippen LogP contribution < -0.4 is 0 Å². The molecule has 4 rings (SSSR count). The number of carbonyl (C=O) groups excluding carboxylic acids is 2. The molecule has 4 nitrogen and oxygen atoms in total. The number of aryl methyl sites for hydroxylation is 1. The number of amides is 2. The first kappa shape index (κ1) is 17.7. The zero-order chi connectivity index (χ0) is 18.8. The average molecular weight is 366 g/mol. The number of halogens is 1. The number of hydrogen-bond donors (Lipinski definition) is 0. The highest BCUT2D eigenvalue weighted by atomic mass is 19.1. The van der Waals surface area contributed by atoms with Crippen LogP contribution in [-0.4, -0.2) is 47.8 Å². The van der Waals surface area contributed by atoms with Crippen molar-refractivity contribution in [3.05, 3.63) is 71.0 Å². The van der Waals surface area contributed by atoms with E-state index in [1.807, 2.05) is 17.0 Å². The van der Waals surface area contributed by atoms with E-state index >= 15 is 0 Å². The van der Waals surface area contributed by atoms with Crippen molar-refractivity contribution in [3.63, 3.8) is 0 Å². The summed E-state index contributed by atoms with van der Waals surface area (Å²) in [5.41, 5.74) is 2.80. The van der Waals surface area contributed by atoms with Gasteiger partial charge in [0.05, 0.1) is 5.92 Å². The Labute approximate surface area is 158 Å². The van der Waals surface area contributed by atoms with Crippen molar-refractivity contribution in [3.8, 4) is 0 Å². The van der Waals surface area contributed by atoms with Gasteiger partial charge in [-0.1, -0.05) is 30.3 Å². The molecule has 1 saturated heterocycles. The minimum Gasteiger partial charge on any atom is -0.339 e. The zero-order valence-electron chi connectivity index (χ0n) is 15.2. The van der Waals surface area contributed by atoms with Crippen LogP contribution >= 0.6 is 0 Å². The molecule has 0 radical (unpaired) electrons. The molecule has 0 bridgehead atoms. The second kappa shape index (κ2) is 7.51. The molecule has 1 atom stereocenters. The molecular formula is C22H23FN2O2. The molecule has 2 aromatic rings. The molecular weight excluding hydrogens is 343 g/mol. The summed E-state index contributed by atoms with van der Waals surface area (Å²) < 4.78 is 13.4. The number of hydrogen-bond acceptors (Lipinski definition) is 2. The molecule has 2 aliphatic rings. The van der Waals surface area contributed by atoms with Gasteiger partial charge in [0.1, 0.15) is 5.82 Å². The largest absolute Gasteiger partial charge is 0.339 e. The Bertz CT molecular complexity index is 859. The van der Waals surface area contributed by atoms with E-state index in [2.05, 4.69) is 12.1 Å². The second-order valence-corrected chi connectivity index (χ2v) is 7.27. The number of piperazine rings is 1. The van der Waals surface area contributed by atoms with Crippen LogP contribution in [0.1, 0.15) is 40.2 Å². The molecule has 1 aliphatic heterocycles. The molecule has 0 spiro atoms. The highest BCUT2D eigenvalue weighted by Crippen LogP contribution is 2.33. The molecule has 1 fully saturated rings. The van der Waals surface area contributed by atoms with Gasteiger partial charge >= 0.3 is 0 Å². The number of nitrogens with zero attached hydrogens (tertiary/aromatic N) is 2. The van der Waals surface area contributed by atoms with Gasteiger partial charge in [-0.3, -0.25) is 9.59 Å². The number of rotatable bonds is 2. The molecule has 0 aromatic heterocycles. The van der Waals surface area contributed by atoms with Gasteiger partial charge in [-0.05, 0) is 48.6 Å². The smallest absolute Gasteiger partial charge is 0.254 e. The first-order valence-corrected chi connectivity index (χ1v) is 9.55. The predicted molar refractivity (Wildman–Crippen MR) is 101 cm³/mol. The van der Waals surface area contributed by atoms with Crippen molar-refractivity contribution in [2.75, 3.05) is 26.2 Å². The Kier molecular flexibility index (Phi) is 4.92. The normalized spacial score (nSPS) is 19.5. The SMILES string of the molecule is O=C(c1cccc(F)c1)N1CCN(C(=O)C2CCCc3ccccc32)CC1. The summed E-state index contributed by atoms with van der Waals surface area (Å²) in [5.74, 6) is -0.490. The van der Waals surface area contributed by atoms with E-state index in [0.29, 0.717) is 31.7 Å². The van der Waals surface area contributed by atoms with Crippen LogP contribution in [0.25, 0.3) is 0 Å². The van der Waals surface area contributed by atoms with Crippen LogP contribution in [0.15, 0.2) is 48.5 Å². The summed E-state index contributed by atoms with van der Waals surface area (Å²) in [5, 5.41) is 0. The molecule has 1 heterocycles. The highest BCUT2D eigenvalue weighted by molar-refractivity contribution is 5.94. The van der Waals surface area contributed by atoms with Crippen molar-refractivity contribution in [2.45, 2.75) is 25.2 Å². The van der Waals surface area contributed by atoms with Crippen LogP contribution in [0.2, 0.25) is 0 Å². The van der Waals surface area contributed by atoms with E-state index in [-0.39, 0.29) is 17.7 Å². The number of carbonyl (C=O) groups is 2. The van der Waals surface area contributed by atoms with E-state index in [9.17, 15) is 14.0 Å². The minimum absolute atomic E-state index is 0.0691. The zero-order valence-corrected chi connectivity index (χ0v) is 15.2. The summed E-state index contributed by atoms with van der Waals surface area (Å²) >= 11 is 0. The van der Waals surface area contributed by atoms with Crippen LogP contribution in [0.4, 0.5) is 4.39 Å². The Morgan fingerprint density at radius 2 is 1.67 bits per heavy atom. The summed E-state index contributed by atoms with van der Waals surface area (Å²) in [4.78, 5) is 29.2. The van der Waals surface area contributed by atoms with E-state index in [0.717, 1.165) is 24.8 Å². The lowest BCUT2D eigenvalue weighted by Gasteiger charge is -2.37. The average Bonchev–Trinajstić information content (AvgIpc) is 2.72. The fourth-order valence-corrected chi connectivity index (χ4v) is 4.16. The Morgan fingerprint density at radius 3 is 2.44 bits per heavy atom. The van der Waals surface area contributed by atoms with Crippen molar-refractivity contribution < 1.29 is 14.0 Å². The summed E-state index contributed by atoms with van der Waals surface area (Å²) in [6, 6.07) is 14.0. The Balaban J connectivity index is 1.41. The number of benzene rings is 2. The monoisotopic (exact) mass is 366 g/mol. The maximum absolute atomic E-state index is 13.4. The lowest BCUT2D eigenvalue weighted by atomic mass is 9.82. The molecule has 27 heavy (non-hydrogen) atoms. The maximum atomic E-state index is 13.4. The van der Waals surface area contributed by atoms with E-state index in [1.165, 1.54) is 17.7 Å². The van der Waals surface area contributed by atoms with Gasteiger partial charge in [0.15, 0.2) is 0 Å². The van der Waals surface area contributed by atoms with Gasteiger partial charge in [0, 0.05) is 31.7 Å². The predicted octanol–water partition coefficient (Wildman–Crippen LogP) is 3.23. The molecule has 2 amide bonds. The molecule has 1 unspecified atom stereocenters. The molecule has 0 saturated carbocycles. The van der Waals surface area contributed by atoms with Crippen LogP contribution in [-0.2, 0) is 11.2 Å². The molecule has 1 aliphatic carbocycles. The van der Waals surface area contributed by atoms with Crippen LogP contribution in [0, 0.1) is 5.82 Å². The van der Waals surface area contributed by atoms with Gasteiger partial charge in [-0.15, -0.1) is 0 Å². The van der Waals surface area contributed by atoms with Crippen LogP contribution in [0.5, 0.6) is 0 Å². The quantitative estimate of drug-likeness (QED) is 0.819.